The van der Waals surface area contributed by atoms with E-state index in [-0.39, 0.29) is 5.91 Å². The topological polar surface area (TPSA) is 58.6 Å². The van der Waals surface area contributed by atoms with E-state index in [2.05, 4.69) is 5.32 Å². The molecule has 1 aliphatic heterocycles. The van der Waals surface area contributed by atoms with Gasteiger partial charge in [-0.3, -0.25) is 4.79 Å². The molecule has 0 spiro atoms. The highest BCUT2D eigenvalue weighted by Gasteiger charge is 2.42. The number of amides is 1. The van der Waals surface area contributed by atoms with Gasteiger partial charge in [0.15, 0.2) is 6.10 Å². The van der Waals surface area contributed by atoms with Crippen LogP contribution in [0.5, 0.6) is 5.75 Å². The Morgan fingerprint density at radius 2 is 2.25 bits per heavy atom. The number of anilines is 1. The maximum atomic E-state index is 11.4. The van der Waals surface area contributed by atoms with Gasteiger partial charge in [-0.25, -0.2) is 0 Å². The van der Waals surface area contributed by atoms with Crippen molar-refractivity contribution in [3.63, 3.8) is 0 Å². The minimum atomic E-state index is -0.664. The third kappa shape index (κ3) is 1.38. The van der Waals surface area contributed by atoms with E-state index in [4.69, 9.17) is 4.74 Å². The van der Waals surface area contributed by atoms with Crippen molar-refractivity contribution >= 4 is 11.6 Å². The molecule has 0 bridgehead atoms. The number of hydrogen-bond donors (Lipinski definition) is 2. The van der Waals surface area contributed by atoms with Crippen molar-refractivity contribution in [2.75, 3.05) is 5.32 Å². The third-order valence-corrected chi connectivity index (χ3v) is 3.17. The fourth-order valence-corrected chi connectivity index (χ4v) is 1.90. The maximum absolute atomic E-state index is 11.4. The first-order valence-corrected chi connectivity index (χ1v) is 5.43. The zero-order valence-corrected chi connectivity index (χ0v) is 8.99. The Hall–Kier alpha value is -1.55. The summed E-state index contributed by atoms with van der Waals surface area (Å²) >= 11 is 0. The average Bonchev–Trinajstić information content (AvgIpc) is 2.99. The first-order valence-electron chi connectivity index (χ1n) is 5.43. The molecule has 16 heavy (non-hydrogen) atoms. The second-order valence-electron chi connectivity index (χ2n) is 4.49. The molecule has 0 aromatic heterocycles. The molecule has 84 valence electrons. The Morgan fingerprint density at radius 1 is 1.50 bits per heavy atom. The largest absolute Gasteiger partial charge is 0.479 e. The summed E-state index contributed by atoms with van der Waals surface area (Å²) in [6.07, 6.45) is 1.12. The minimum Gasteiger partial charge on any atom is -0.479 e. The van der Waals surface area contributed by atoms with Gasteiger partial charge in [-0.05, 0) is 37.5 Å². The molecule has 0 saturated heterocycles. The highest BCUT2D eigenvalue weighted by molar-refractivity contribution is 5.97. The van der Waals surface area contributed by atoms with Gasteiger partial charge in [0.05, 0.1) is 11.3 Å². The van der Waals surface area contributed by atoms with E-state index >= 15 is 0 Å². The number of ether oxygens (including phenoxy) is 1. The van der Waals surface area contributed by atoms with Crippen LogP contribution in [0.3, 0.4) is 0 Å². The molecule has 1 aromatic carbocycles. The van der Waals surface area contributed by atoms with Crippen LogP contribution in [0, 0.1) is 0 Å². The SMILES string of the molecule is CC1Oc2cc(C3(O)CC3)ccc2NC1=O. The lowest BCUT2D eigenvalue weighted by atomic mass is 10.1. The summed E-state index contributed by atoms with van der Waals surface area (Å²) < 4.78 is 5.48. The van der Waals surface area contributed by atoms with Gasteiger partial charge in [-0.15, -0.1) is 0 Å². The lowest BCUT2D eigenvalue weighted by Gasteiger charge is -2.24. The fourth-order valence-electron chi connectivity index (χ4n) is 1.90. The van der Waals surface area contributed by atoms with Crippen LogP contribution in [-0.4, -0.2) is 17.1 Å². The van der Waals surface area contributed by atoms with Gasteiger partial charge < -0.3 is 15.2 Å². The second kappa shape index (κ2) is 2.98. The quantitative estimate of drug-likeness (QED) is 0.750. The molecule has 1 atom stereocenters. The second-order valence-corrected chi connectivity index (χ2v) is 4.49. The molecule has 3 rings (SSSR count). The Bertz CT molecular complexity index is 465. The number of fused-ring (bicyclic) bond motifs is 1. The van der Waals surface area contributed by atoms with Crippen molar-refractivity contribution in [1.29, 1.82) is 0 Å². The van der Waals surface area contributed by atoms with E-state index in [1.54, 1.807) is 13.0 Å². The van der Waals surface area contributed by atoms with E-state index in [0.717, 1.165) is 18.4 Å². The zero-order valence-electron chi connectivity index (χ0n) is 8.99. The summed E-state index contributed by atoms with van der Waals surface area (Å²) in [5.41, 5.74) is 0.883. The lowest BCUT2D eigenvalue weighted by molar-refractivity contribution is -0.122. The van der Waals surface area contributed by atoms with Crippen LogP contribution < -0.4 is 10.1 Å². The maximum Gasteiger partial charge on any atom is 0.265 e. The molecule has 2 aliphatic rings. The molecule has 1 aromatic rings. The van der Waals surface area contributed by atoms with Crippen molar-refractivity contribution in [1.82, 2.24) is 0 Å². The predicted molar refractivity (Wildman–Crippen MR) is 58.3 cm³/mol. The van der Waals surface area contributed by atoms with Gasteiger partial charge in [0.2, 0.25) is 0 Å². The number of rotatable bonds is 1. The summed E-state index contributed by atoms with van der Waals surface area (Å²) in [5, 5.41) is 12.7. The molecule has 1 heterocycles. The average molecular weight is 219 g/mol. The Balaban J connectivity index is 1.99. The molecule has 4 heteroatoms. The van der Waals surface area contributed by atoms with Crippen molar-refractivity contribution in [3.05, 3.63) is 23.8 Å². The van der Waals surface area contributed by atoms with Crippen LogP contribution in [0.25, 0.3) is 0 Å². The van der Waals surface area contributed by atoms with Gasteiger partial charge >= 0.3 is 0 Å². The number of carbonyl (C=O) groups excluding carboxylic acids is 1. The standard InChI is InChI=1S/C12H13NO3/c1-7-11(14)13-9-3-2-8(6-10(9)16-7)12(15)4-5-12/h2-3,6-7,15H,4-5H2,1H3,(H,13,14). The van der Waals surface area contributed by atoms with Crippen molar-refractivity contribution in [2.45, 2.75) is 31.5 Å². The zero-order chi connectivity index (χ0) is 11.3. The molecular weight excluding hydrogens is 206 g/mol. The lowest BCUT2D eigenvalue weighted by Crippen LogP contribution is -2.34. The van der Waals surface area contributed by atoms with Crippen molar-refractivity contribution < 1.29 is 14.6 Å². The number of carbonyl (C=O) groups is 1. The third-order valence-electron chi connectivity index (χ3n) is 3.17. The Morgan fingerprint density at radius 3 is 2.94 bits per heavy atom. The molecule has 1 amide bonds. The minimum absolute atomic E-state index is 0.134. The van der Waals surface area contributed by atoms with E-state index in [0.29, 0.717) is 11.4 Å². The molecule has 1 aliphatic carbocycles. The highest BCUT2D eigenvalue weighted by atomic mass is 16.5. The van der Waals surface area contributed by atoms with Gasteiger partial charge in [-0.2, -0.15) is 0 Å². The van der Waals surface area contributed by atoms with Crippen LogP contribution in [0.4, 0.5) is 5.69 Å². The normalized spacial score (nSPS) is 25.4. The van der Waals surface area contributed by atoms with Crippen molar-refractivity contribution in [3.8, 4) is 5.75 Å². The number of hydrogen-bond acceptors (Lipinski definition) is 3. The van der Waals surface area contributed by atoms with Crippen LogP contribution in [-0.2, 0) is 10.4 Å². The van der Waals surface area contributed by atoms with Crippen LogP contribution in [0.2, 0.25) is 0 Å². The van der Waals surface area contributed by atoms with Crippen molar-refractivity contribution in [2.24, 2.45) is 0 Å². The van der Waals surface area contributed by atoms with Gasteiger partial charge in [0.1, 0.15) is 5.75 Å². The summed E-state index contributed by atoms with van der Waals surface area (Å²) in [5.74, 6) is 0.510. The molecule has 1 fully saturated rings. The summed E-state index contributed by atoms with van der Waals surface area (Å²) in [7, 11) is 0. The van der Waals surface area contributed by atoms with Crippen LogP contribution in [0.15, 0.2) is 18.2 Å². The van der Waals surface area contributed by atoms with Crippen LogP contribution in [0.1, 0.15) is 25.3 Å². The molecule has 1 saturated carbocycles. The summed E-state index contributed by atoms with van der Waals surface area (Å²) in [4.78, 5) is 11.4. The predicted octanol–water partition coefficient (Wildman–Crippen LogP) is 1.39. The Labute approximate surface area is 93.2 Å². The first-order chi connectivity index (χ1) is 7.58. The van der Waals surface area contributed by atoms with Gasteiger partial charge in [-0.1, -0.05) is 6.07 Å². The Kier molecular flexibility index (Phi) is 1.80. The van der Waals surface area contributed by atoms with Gasteiger partial charge in [0.25, 0.3) is 5.91 Å². The van der Waals surface area contributed by atoms with E-state index < -0.39 is 11.7 Å². The monoisotopic (exact) mass is 219 g/mol. The van der Waals surface area contributed by atoms with E-state index in [9.17, 15) is 9.90 Å². The van der Waals surface area contributed by atoms with E-state index in [1.165, 1.54) is 0 Å². The highest BCUT2D eigenvalue weighted by Crippen LogP contribution is 2.47. The smallest absolute Gasteiger partial charge is 0.265 e. The summed E-state index contributed by atoms with van der Waals surface area (Å²) in [6.45, 7) is 1.71. The number of nitrogens with one attached hydrogen (secondary N) is 1. The number of aliphatic hydroxyl groups is 1. The molecule has 4 nitrogen and oxygen atoms in total. The molecule has 2 N–H and O–H groups in total. The number of benzene rings is 1. The molecule has 0 radical (unpaired) electrons. The van der Waals surface area contributed by atoms with Gasteiger partial charge in [0, 0.05) is 0 Å². The molecular formula is C12H13NO3. The van der Waals surface area contributed by atoms with Crippen LogP contribution >= 0.6 is 0 Å². The molecule has 1 unspecified atom stereocenters. The fraction of sp³-hybridized carbons (Fsp3) is 0.417. The summed E-state index contributed by atoms with van der Waals surface area (Å²) in [6, 6.07) is 5.44. The van der Waals surface area contributed by atoms with E-state index in [1.807, 2.05) is 12.1 Å². The first kappa shape index (κ1) is 9.66.